The zero-order valence-corrected chi connectivity index (χ0v) is 14.6. The van der Waals surface area contributed by atoms with Crippen LogP contribution in [0.5, 0.6) is 0 Å². The van der Waals surface area contributed by atoms with E-state index in [4.69, 9.17) is 5.73 Å². The molecule has 2 N–H and O–H groups in total. The summed E-state index contributed by atoms with van der Waals surface area (Å²) in [6.07, 6.45) is 0. The minimum atomic E-state index is 0. The number of hydrogen-bond acceptors (Lipinski definition) is 2. The van der Waals surface area contributed by atoms with E-state index in [1.165, 1.54) is 11.1 Å². The summed E-state index contributed by atoms with van der Waals surface area (Å²) in [5.74, 6) is 0. The van der Waals surface area contributed by atoms with E-state index in [9.17, 15) is 0 Å². The van der Waals surface area contributed by atoms with Crippen LogP contribution in [0.15, 0.2) is 18.2 Å². The average molecular weight is 389 g/mol. The average Bonchev–Trinajstić information content (AvgIpc) is 2.18. The molecule has 3 heteroatoms. The molecule has 0 saturated carbocycles. The van der Waals surface area contributed by atoms with Gasteiger partial charge in [-0.15, -0.1) is 0 Å². The van der Waals surface area contributed by atoms with Crippen LogP contribution < -0.4 is 5.73 Å². The zero-order chi connectivity index (χ0) is 9.68. The van der Waals surface area contributed by atoms with Gasteiger partial charge in [-0.3, -0.25) is 0 Å². The summed E-state index contributed by atoms with van der Waals surface area (Å²) in [5.41, 5.74) is 7.95. The van der Waals surface area contributed by atoms with Crippen molar-refractivity contribution in [3.05, 3.63) is 35.4 Å². The van der Waals surface area contributed by atoms with Crippen molar-refractivity contribution in [1.29, 1.82) is 0 Å². The first kappa shape index (κ1) is 14.0. The molecule has 0 amide bonds. The fraction of sp³-hybridized carbons (Fsp3) is 0.455. The van der Waals surface area contributed by atoms with Crippen molar-refractivity contribution in [1.82, 2.24) is 4.90 Å². The van der Waals surface area contributed by atoms with E-state index < -0.39 is 0 Å². The van der Waals surface area contributed by atoms with Gasteiger partial charge in [-0.2, -0.15) is 0 Å². The van der Waals surface area contributed by atoms with Gasteiger partial charge >= 0.3 is 26.2 Å². The van der Waals surface area contributed by atoms with Gasteiger partial charge in [0.2, 0.25) is 0 Å². The van der Waals surface area contributed by atoms with Gasteiger partial charge in [0, 0.05) is 13.1 Å². The molecule has 1 rings (SSSR count). The molecule has 0 aliphatic carbocycles. The Bertz CT molecular complexity index is 263. The van der Waals surface area contributed by atoms with Crippen molar-refractivity contribution in [2.24, 2.45) is 5.73 Å². The first-order valence-electron chi connectivity index (χ1n) is 4.64. The summed E-state index contributed by atoms with van der Waals surface area (Å²) in [7, 11) is 2.10. The maximum absolute atomic E-state index is 5.55. The molecule has 0 aliphatic heterocycles. The fourth-order valence-electron chi connectivity index (χ4n) is 1.19. The summed E-state index contributed by atoms with van der Waals surface area (Å²) >= 11 is 0. The van der Waals surface area contributed by atoms with Gasteiger partial charge in [-0.1, -0.05) is 25.1 Å². The predicted octanol–water partition coefficient (Wildman–Crippen LogP) is 0.213. The van der Waals surface area contributed by atoms with E-state index in [-0.39, 0.29) is 26.2 Å². The molecule has 1 aromatic carbocycles. The van der Waals surface area contributed by atoms with Crippen molar-refractivity contribution in [3.63, 3.8) is 0 Å². The van der Waals surface area contributed by atoms with Gasteiger partial charge in [0.1, 0.15) is 0 Å². The van der Waals surface area contributed by atoms with Crippen LogP contribution in [0.4, 0.5) is 0 Å². The molecule has 0 unspecified atom stereocenters. The van der Waals surface area contributed by atoms with Gasteiger partial charge in [0.25, 0.3) is 0 Å². The Balaban J connectivity index is 0.00000169. The monoisotopic (exact) mass is 389 g/mol. The van der Waals surface area contributed by atoms with E-state index in [0.29, 0.717) is 6.54 Å². The Morgan fingerprint density at radius 3 is 2.79 bits per heavy atom. The fourth-order valence-corrected chi connectivity index (χ4v) is 1.19. The van der Waals surface area contributed by atoms with Crippen LogP contribution in [0.1, 0.15) is 18.1 Å². The third-order valence-corrected chi connectivity index (χ3v) is 2.14. The SMILES string of the molecule is CCN(C)Cc1[c]ccc(CN)c1.[BiH3]. The van der Waals surface area contributed by atoms with Crippen LogP contribution in [0.3, 0.4) is 0 Å². The molecule has 0 saturated heterocycles. The maximum atomic E-state index is 5.55. The van der Waals surface area contributed by atoms with Crippen LogP contribution in [0, 0.1) is 6.07 Å². The molecule has 0 aromatic heterocycles. The summed E-state index contributed by atoms with van der Waals surface area (Å²) in [6.45, 7) is 4.76. The minimum absolute atomic E-state index is 0. The van der Waals surface area contributed by atoms with Crippen molar-refractivity contribution in [3.8, 4) is 0 Å². The Labute approximate surface area is 106 Å². The van der Waals surface area contributed by atoms with Crippen LogP contribution in [-0.4, -0.2) is 44.7 Å². The second kappa shape index (κ2) is 7.33. The third kappa shape index (κ3) is 4.50. The molecule has 14 heavy (non-hydrogen) atoms. The summed E-state index contributed by atoms with van der Waals surface area (Å²) < 4.78 is 0. The van der Waals surface area contributed by atoms with Crippen molar-refractivity contribution in [2.45, 2.75) is 20.0 Å². The Kier molecular flexibility index (Phi) is 7.34. The second-order valence-corrected chi connectivity index (χ2v) is 3.26. The van der Waals surface area contributed by atoms with Crippen LogP contribution >= 0.6 is 0 Å². The standard InChI is InChI=1S/C11H17N2.Bi.3H/c1-3-13(2)9-11-6-4-5-10(7-11)8-12;;;;/h4-5,7H,3,8-9,12H2,1-2H3;;;;. The molecule has 1 radical (unpaired) electrons. The molecule has 0 fully saturated rings. The van der Waals surface area contributed by atoms with Gasteiger partial charge < -0.3 is 10.6 Å². The van der Waals surface area contributed by atoms with Crippen molar-refractivity contribution >= 4 is 26.2 Å². The summed E-state index contributed by atoms with van der Waals surface area (Å²) in [5, 5.41) is 0. The second-order valence-electron chi connectivity index (χ2n) is 3.26. The first-order chi connectivity index (χ1) is 6.26. The van der Waals surface area contributed by atoms with Crippen LogP contribution in [-0.2, 0) is 13.1 Å². The van der Waals surface area contributed by atoms with E-state index in [1.54, 1.807) is 0 Å². The number of hydrogen-bond donors (Lipinski definition) is 1. The Morgan fingerprint density at radius 1 is 1.50 bits per heavy atom. The first-order valence-corrected chi connectivity index (χ1v) is 4.64. The third-order valence-electron chi connectivity index (χ3n) is 2.14. The number of rotatable bonds is 4. The molecule has 0 aliphatic rings. The van der Waals surface area contributed by atoms with Crippen molar-refractivity contribution in [2.75, 3.05) is 13.6 Å². The quantitative estimate of drug-likeness (QED) is 0.747. The molecule has 0 heterocycles. The molecule has 0 bridgehead atoms. The van der Waals surface area contributed by atoms with Gasteiger partial charge in [0.05, 0.1) is 0 Å². The molecule has 79 valence electrons. The van der Waals surface area contributed by atoms with Gasteiger partial charge in [0.15, 0.2) is 0 Å². The predicted molar refractivity (Wildman–Crippen MR) is 65.1 cm³/mol. The topological polar surface area (TPSA) is 29.3 Å². The molecular formula is C11H20BiN2. The normalized spacial score (nSPS) is 10.0. The van der Waals surface area contributed by atoms with Crippen LogP contribution in [0.25, 0.3) is 0 Å². The molecule has 2 nitrogen and oxygen atoms in total. The van der Waals surface area contributed by atoms with Crippen LogP contribution in [0.2, 0.25) is 0 Å². The van der Waals surface area contributed by atoms with E-state index in [1.807, 2.05) is 12.1 Å². The van der Waals surface area contributed by atoms with Crippen molar-refractivity contribution < 1.29 is 0 Å². The molecular weight excluding hydrogens is 369 g/mol. The summed E-state index contributed by atoms with van der Waals surface area (Å²) in [4.78, 5) is 2.24. The Morgan fingerprint density at radius 2 is 2.21 bits per heavy atom. The Hall–Kier alpha value is 0.0231. The van der Waals surface area contributed by atoms with E-state index in [0.717, 1.165) is 13.1 Å². The number of benzene rings is 1. The molecule has 0 atom stereocenters. The number of nitrogens with zero attached hydrogens (tertiary/aromatic N) is 1. The van der Waals surface area contributed by atoms with E-state index >= 15 is 0 Å². The molecule has 1 aromatic rings. The van der Waals surface area contributed by atoms with Gasteiger partial charge in [-0.25, -0.2) is 0 Å². The number of nitrogens with two attached hydrogens (primary N) is 1. The van der Waals surface area contributed by atoms with E-state index in [2.05, 4.69) is 31.0 Å². The molecule has 0 spiro atoms. The summed E-state index contributed by atoms with van der Waals surface area (Å²) in [6, 6.07) is 9.28. The zero-order valence-electron chi connectivity index (χ0n) is 9.09. The van der Waals surface area contributed by atoms with Gasteiger partial charge in [-0.05, 0) is 30.8 Å².